The van der Waals surface area contributed by atoms with E-state index in [-0.39, 0.29) is 17.5 Å². The summed E-state index contributed by atoms with van der Waals surface area (Å²) in [5.41, 5.74) is 0.212. The largest absolute Gasteiger partial charge is 0.314 e. The number of halogens is 3. The summed E-state index contributed by atoms with van der Waals surface area (Å²) in [6, 6.07) is 2.52. The average molecular weight is 347 g/mol. The van der Waals surface area contributed by atoms with E-state index in [2.05, 4.69) is 40.0 Å². The van der Waals surface area contributed by atoms with Gasteiger partial charge < -0.3 is 5.32 Å². The maximum absolute atomic E-state index is 14.3. The molecule has 1 N–H and O–H groups in total. The molecule has 20 heavy (non-hydrogen) atoms. The Morgan fingerprint density at radius 1 is 1.25 bits per heavy atom. The molecule has 5 heteroatoms. The second kappa shape index (κ2) is 6.96. The standard InChI is InChI=1S/C15H21BrF2N2/c1-3-10(2)15(20-6-4-19-5-7-20)14-12(17)8-11(16)9-13(14)18/h8-10,15,19H,3-7H2,1-2H3/t10?,15-/m1/s1. The summed E-state index contributed by atoms with van der Waals surface area (Å²) in [5, 5.41) is 3.28. The van der Waals surface area contributed by atoms with Gasteiger partial charge in [-0.15, -0.1) is 0 Å². The second-order valence-corrected chi connectivity index (χ2v) is 6.32. The number of hydrogen-bond acceptors (Lipinski definition) is 2. The van der Waals surface area contributed by atoms with Crippen LogP contribution < -0.4 is 5.32 Å². The minimum absolute atomic E-state index is 0.199. The Bertz CT molecular complexity index is 438. The van der Waals surface area contributed by atoms with Crippen molar-refractivity contribution in [2.75, 3.05) is 26.2 Å². The van der Waals surface area contributed by atoms with Crippen molar-refractivity contribution in [1.29, 1.82) is 0 Å². The van der Waals surface area contributed by atoms with Gasteiger partial charge in [-0.2, -0.15) is 0 Å². The molecule has 1 unspecified atom stereocenters. The highest BCUT2D eigenvalue weighted by atomic mass is 79.9. The predicted octanol–water partition coefficient (Wildman–Crippen LogP) is 3.72. The van der Waals surface area contributed by atoms with Crippen LogP contribution in [0.5, 0.6) is 0 Å². The van der Waals surface area contributed by atoms with Gasteiger partial charge in [0.05, 0.1) is 0 Å². The highest BCUT2D eigenvalue weighted by Crippen LogP contribution is 2.35. The third kappa shape index (κ3) is 3.38. The third-order valence-corrected chi connectivity index (χ3v) is 4.53. The molecule has 1 aromatic rings. The van der Waals surface area contributed by atoms with Gasteiger partial charge in [-0.05, 0) is 18.1 Å². The average Bonchev–Trinajstić information content (AvgIpc) is 2.42. The molecule has 0 bridgehead atoms. The zero-order valence-corrected chi connectivity index (χ0v) is 13.5. The fourth-order valence-corrected chi connectivity index (χ4v) is 3.25. The van der Waals surface area contributed by atoms with Crippen molar-refractivity contribution in [3.63, 3.8) is 0 Å². The number of piperazine rings is 1. The number of hydrogen-bond donors (Lipinski definition) is 1. The first-order chi connectivity index (χ1) is 9.54. The van der Waals surface area contributed by atoms with Gasteiger partial charge in [-0.1, -0.05) is 36.2 Å². The van der Waals surface area contributed by atoms with Gasteiger partial charge in [0, 0.05) is 42.3 Å². The van der Waals surface area contributed by atoms with Crippen LogP contribution in [0, 0.1) is 17.6 Å². The number of nitrogens with one attached hydrogen (secondary N) is 1. The summed E-state index contributed by atoms with van der Waals surface area (Å²) < 4.78 is 29.0. The van der Waals surface area contributed by atoms with Crippen LogP contribution in [0.4, 0.5) is 8.78 Å². The normalized spacial score (nSPS) is 19.9. The number of nitrogens with zero attached hydrogens (tertiary/aromatic N) is 1. The first-order valence-electron chi connectivity index (χ1n) is 7.13. The van der Waals surface area contributed by atoms with E-state index in [4.69, 9.17) is 0 Å². The Hall–Kier alpha value is -0.520. The Kier molecular flexibility index (Phi) is 5.52. The van der Waals surface area contributed by atoms with Gasteiger partial charge in [-0.3, -0.25) is 4.90 Å². The van der Waals surface area contributed by atoms with E-state index in [1.54, 1.807) is 0 Å². The summed E-state index contributed by atoms with van der Waals surface area (Å²) in [6.45, 7) is 7.51. The van der Waals surface area contributed by atoms with Crippen LogP contribution in [0.25, 0.3) is 0 Å². The Balaban J connectivity index is 2.40. The molecule has 2 rings (SSSR count). The first-order valence-corrected chi connectivity index (χ1v) is 7.93. The van der Waals surface area contributed by atoms with Gasteiger partial charge in [0.1, 0.15) is 11.6 Å². The van der Waals surface area contributed by atoms with Crippen LogP contribution in [0.15, 0.2) is 16.6 Å². The van der Waals surface area contributed by atoms with E-state index < -0.39 is 11.6 Å². The first kappa shape index (κ1) is 15.9. The number of rotatable bonds is 4. The molecule has 2 atom stereocenters. The van der Waals surface area contributed by atoms with Gasteiger partial charge in [0.25, 0.3) is 0 Å². The van der Waals surface area contributed by atoms with Crippen molar-refractivity contribution in [3.05, 3.63) is 33.8 Å². The van der Waals surface area contributed by atoms with Crippen molar-refractivity contribution in [3.8, 4) is 0 Å². The molecule has 0 aliphatic carbocycles. The molecule has 0 spiro atoms. The smallest absolute Gasteiger partial charge is 0.132 e. The van der Waals surface area contributed by atoms with Gasteiger partial charge in [0.15, 0.2) is 0 Å². The van der Waals surface area contributed by atoms with E-state index in [0.717, 1.165) is 32.6 Å². The van der Waals surface area contributed by atoms with Crippen molar-refractivity contribution in [1.82, 2.24) is 10.2 Å². The topological polar surface area (TPSA) is 15.3 Å². The van der Waals surface area contributed by atoms with Crippen LogP contribution in [-0.4, -0.2) is 31.1 Å². The van der Waals surface area contributed by atoms with Crippen LogP contribution in [-0.2, 0) is 0 Å². The fourth-order valence-electron chi connectivity index (χ4n) is 2.85. The molecular formula is C15H21BrF2N2. The van der Waals surface area contributed by atoms with Crippen molar-refractivity contribution < 1.29 is 8.78 Å². The van der Waals surface area contributed by atoms with Crippen LogP contribution >= 0.6 is 15.9 Å². The van der Waals surface area contributed by atoms with Crippen LogP contribution in [0.2, 0.25) is 0 Å². The maximum Gasteiger partial charge on any atom is 0.132 e. The molecule has 0 radical (unpaired) electrons. The zero-order chi connectivity index (χ0) is 14.7. The lowest BCUT2D eigenvalue weighted by Crippen LogP contribution is -2.47. The highest BCUT2D eigenvalue weighted by molar-refractivity contribution is 9.10. The molecule has 1 aliphatic rings. The van der Waals surface area contributed by atoms with E-state index in [1.807, 2.05) is 0 Å². The molecule has 0 aromatic heterocycles. The summed E-state index contributed by atoms with van der Waals surface area (Å²) in [7, 11) is 0. The zero-order valence-electron chi connectivity index (χ0n) is 11.9. The molecule has 1 aliphatic heterocycles. The molecule has 0 amide bonds. The van der Waals surface area contributed by atoms with E-state index in [1.165, 1.54) is 12.1 Å². The van der Waals surface area contributed by atoms with Crippen molar-refractivity contribution in [2.45, 2.75) is 26.3 Å². The van der Waals surface area contributed by atoms with E-state index in [9.17, 15) is 8.78 Å². The lowest BCUT2D eigenvalue weighted by molar-refractivity contribution is 0.122. The molecule has 1 fully saturated rings. The molecule has 1 saturated heterocycles. The minimum atomic E-state index is -0.458. The monoisotopic (exact) mass is 346 g/mol. The summed E-state index contributed by atoms with van der Waals surface area (Å²) in [5.74, 6) is -0.709. The maximum atomic E-state index is 14.3. The second-order valence-electron chi connectivity index (χ2n) is 5.40. The van der Waals surface area contributed by atoms with Crippen LogP contribution in [0.1, 0.15) is 31.9 Å². The molecule has 1 heterocycles. The Morgan fingerprint density at radius 2 is 1.80 bits per heavy atom. The third-order valence-electron chi connectivity index (χ3n) is 4.07. The van der Waals surface area contributed by atoms with Crippen molar-refractivity contribution >= 4 is 15.9 Å². The van der Waals surface area contributed by atoms with E-state index >= 15 is 0 Å². The van der Waals surface area contributed by atoms with Gasteiger partial charge in [0.2, 0.25) is 0 Å². The van der Waals surface area contributed by atoms with Gasteiger partial charge in [-0.25, -0.2) is 8.78 Å². The quantitative estimate of drug-likeness (QED) is 0.893. The number of benzene rings is 1. The SMILES string of the molecule is CCC(C)[C@H](c1c(F)cc(Br)cc1F)N1CCNCC1. The Morgan fingerprint density at radius 3 is 2.30 bits per heavy atom. The summed E-state index contributed by atoms with van der Waals surface area (Å²) >= 11 is 3.14. The molecule has 1 aromatic carbocycles. The molecule has 0 saturated carbocycles. The van der Waals surface area contributed by atoms with Crippen LogP contribution in [0.3, 0.4) is 0 Å². The van der Waals surface area contributed by atoms with E-state index in [0.29, 0.717) is 4.47 Å². The molecular weight excluding hydrogens is 326 g/mol. The fraction of sp³-hybridized carbons (Fsp3) is 0.600. The molecule has 112 valence electrons. The van der Waals surface area contributed by atoms with Crippen molar-refractivity contribution in [2.24, 2.45) is 5.92 Å². The minimum Gasteiger partial charge on any atom is -0.314 e. The van der Waals surface area contributed by atoms with Gasteiger partial charge >= 0.3 is 0 Å². The lowest BCUT2D eigenvalue weighted by atomic mass is 9.90. The highest BCUT2D eigenvalue weighted by Gasteiger charge is 2.31. The Labute approximate surface area is 127 Å². The molecule has 2 nitrogen and oxygen atoms in total. The summed E-state index contributed by atoms with van der Waals surface area (Å²) in [6.07, 6.45) is 0.892. The summed E-state index contributed by atoms with van der Waals surface area (Å²) in [4.78, 5) is 2.19. The predicted molar refractivity (Wildman–Crippen MR) is 80.7 cm³/mol. The lowest BCUT2D eigenvalue weighted by Gasteiger charge is -2.38.